The lowest BCUT2D eigenvalue weighted by molar-refractivity contribution is -0.125. The molecule has 2 saturated carbocycles. The summed E-state index contributed by atoms with van der Waals surface area (Å²) in [7, 11) is 0. The zero-order valence-electron chi connectivity index (χ0n) is 10.7. The van der Waals surface area contributed by atoms with Gasteiger partial charge in [0.1, 0.15) is 0 Å². The molecule has 3 nitrogen and oxygen atoms in total. The summed E-state index contributed by atoms with van der Waals surface area (Å²) in [6.07, 6.45) is 11.4. The molecule has 0 aromatic heterocycles. The van der Waals surface area contributed by atoms with Crippen LogP contribution in [0.5, 0.6) is 0 Å². The van der Waals surface area contributed by atoms with Gasteiger partial charge in [-0.3, -0.25) is 4.79 Å². The predicted octanol–water partition coefficient (Wildman–Crippen LogP) is 2.38. The summed E-state index contributed by atoms with van der Waals surface area (Å²) < 4.78 is 0. The largest absolute Gasteiger partial charge is 0.394 e. The lowest BCUT2D eigenvalue weighted by atomic mass is 9.77. The van der Waals surface area contributed by atoms with Gasteiger partial charge in [0.15, 0.2) is 0 Å². The SMILES string of the molecule is O=C(CCC1CCCCC1)NC1(CO)CCC1. The molecule has 2 fully saturated rings. The number of aliphatic hydroxyl groups is 1. The first-order valence-corrected chi connectivity index (χ1v) is 7.16. The van der Waals surface area contributed by atoms with Crippen LogP contribution in [0, 0.1) is 5.92 Å². The second kappa shape index (κ2) is 5.85. The second-order valence-corrected chi connectivity index (χ2v) is 5.88. The highest BCUT2D eigenvalue weighted by molar-refractivity contribution is 5.76. The first-order chi connectivity index (χ1) is 8.24. The van der Waals surface area contributed by atoms with Gasteiger partial charge in [-0.15, -0.1) is 0 Å². The van der Waals surface area contributed by atoms with Crippen molar-refractivity contribution in [2.24, 2.45) is 5.92 Å². The Balaban J connectivity index is 1.66. The predicted molar refractivity (Wildman–Crippen MR) is 67.6 cm³/mol. The number of carbonyl (C=O) groups excluding carboxylic acids is 1. The molecule has 1 amide bonds. The molecule has 2 N–H and O–H groups in total. The minimum atomic E-state index is -0.260. The van der Waals surface area contributed by atoms with Crippen molar-refractivity contribution in [3.8, 4) is 0 Å². The zero-order valence-corrected chi connectivity index (χ0v) is 10.7. The third-order valence-corrected chi connectivity index (χ3v) is 4.52. The monoisotopic (exact) mass is 239 g/mol. The van der Waals surface area contributed by atoms with Gasteiger partial charge in [0.05, 0.1) is 12.1 Å². The smallest absolute Gasteiger partial charge is 0.220 e. The highest BCUT2D eigenvalue weighted by atomic mass is 16.3. The summed E-state index contributed by atoms with van der Waals surface area (Å²) in [5.41, 5.74) is -0.260. The van der Waals surface area contributed by atoms with Gasteiger partial charge in [-0.2, -0.15) is 0 Å². The summed E-state index contributed by atoms with van der Waals surface area (Å²) >= 11 is 0. The zero-order chi connectivity index (χ0) is 12.1. The van der Waals surface area contributed by atoms with Crippen molar-refractivity contribution in [1.82, 2.24) is 5.32 Å². The summed E-state index contributed by atoms with van der Waals surface area (Å²) in [6, 6.07) is 0. The van der Waals surface area contributed by atoms with Crippen LogP contribution >= 0.6 is 0 Å². The van der Waals surface area contributed by atoms with E-state index in [9.17, 15) is 9.90 Å². The van der Waals surface area contributed by atoms with Crippen LogP contribution in [0.4, 0.5) is 0 Å². The van der Waals surface area contributed by atoms with Gasteiger partial charge >= 0.3 is 0 Å². The molecule has 2 aliphatic carbocycles. The fraction of sp³-hybridized carbons (Fsp3) is 0.929. The number of carbonyl (C=O) groups is 1. The van der Waals surface area contributed by atoms with Crippen LogP contribution in [-0.4, -0.2) is 23.2 Å². The van der Waals surface area contributed by atoms with Crippen LogP contribution in [0.2, 0.25) is 0 Å². The number of rotatable bonds is 5. The van der Waals surface area contributed by atoms with Crippen molar-refractivity contribution >= 4 is 5.91 Å². The van der Waals surface area contributed by atoms with Crippen LogP contribution in [-0.2, 0) is 4.79 Å². The number of hydrogen-bond acceptors (Lipinski definition) is 2. The number of aliphatic hydroxyl groups excluding tert-OH is 1. The van der Waals surface area contributed by atoms with E-state index in [4.69, 9.17) is 0 Å². The molecule has 98 valence electrons. The molecule has 2 aliphatic rings. The molecular weight excluding hydrogens is 214 g/mol. The van der Waals surface area contributed by atoms with Gasteiger partial charge in [-0.25, -0.2) is 0 Å². The van der Waals surface area contributed by atoms with E-state index in [2.05, 4.69) is 5.32 Å². The van der Waals surface area contributed by atoms with E-state index < -0.39 is 0 Å². The van der Waals surface area contributed by atoms with Crippen LogP contribution in [0.15, 0.2) is 0 Å². The molecule has 0 radical (unpaired) electrons. The minimum absolute atomic E-state index is 0.0994. The molecule has 0 heterocycles. The maximum atomic E-state index is 11.8. The number of nitrogens with one attached hydrogen (secondary N) is 1. The van der Waals surface area contributed by atoms with E-state index >= 15 is 0 Å². The average molecular weight is 239 g/mol. The fourth-order valence-corrected chi connectivity index (χ4v) is 3.10. The summed E-state index contributed by atoms with van der Waals surface area (Å²) in [6.45, 7) is 0.0994. The Labute approximate surface area is 104 Å². The van der Waals surface area contributed by atoms with E-state index in [1.807, 2.05) is 0 Å². The maximum Gasteiger partial charge on any atom is 0.220 e. The van der Waals surface area contributed by atoms with Crippen molar-refractivity contribution in [2.75, 3.05) is 6.61 Å². The molecule has 0 aliphatic heterocycles. The van der Waals surface area contributed by atoms with Crippen LogP contribution < -0.4 is 5.32 Å². The maximum absolute atomic E-state index is 11.8. The Bertz CT molecular complexity index is 249. The lowest BCUT2D eigenvalue weighted by Crippen LogP contribution is -2.56. The van der Waals surface area contributed by atoms with E-state index in [0.29, 0.717) is 6.42 Å². The molecule has 17 heavy (non-hydrogen) atoms. The quantitative estimate of drug-likeness (QED) is 0.774. The van der Waals surface area contributed by atoms with E-state index in [1.54, 1.807) is 0 Å². The van der Waals surface area contributed by atoms with Gasteiger partial charge in [0.2, 0.25) is 5.91 Å². The van der Waals surface area contributed by atoms with Gasteiger partial charge in [0.25, 0.3) is 0 Å². The summed E-state index contributed by atoms with van der Waals surface area (Å²) in [4.78, 5) is 11.8. The van der Waals surface area contributed by atoms with E-state index in [0.717, 1.165) is 31.6 Å². The number of amides is 1. The fourth-order valence-electron chi connectivity index (χ4n) is 3.10. The van der Waals surface area contributed by atoms with Crippen LogP contribution in [0.25, 0.3) is 0 Å². The first-order valence-electron chi connectivity index (χ1n) is 7.16. The van der Waals surface area contributed by atoms with Crippen molar-refractivity contribution in [3.05, 3.63) is 0 Å². The molecule has 0 aromatic rings. The summed E-state index contributed by atoms with van der Waals surface area (Å²) in [5, 5.41) is 12.3. The molecule has 0 spiro atoms. The van der Waals surface area contributed by atoms with Crippen LogP contribution in [0.1, 0.15) is 64.2 Å². The van der Waals surface area contributed by atoms with Gasteiger partial charge in [0, 0.05) is 6.42 Å². The highest BCUT2D eigenvalue weighted by Crippen LogP contribution is 2.32. The molecule has 0 atom stereocenters. The van der Waals surface area contributed by atoms with Crippen molar-refractivity contribution in [2.45, 2.75) is 69.7 Å². The molecule has 0 saturated heterocycles. The average Bonchev–Trinajstić information content (AvgIpc) is 2.33. The molecule has 0 unspecified atom stereocenters. The molecular formula is C14H25NO2. The Morgan fingerprint density at radius 1 is 1.18 bits per heavy atom. The van der Waals surface area contributed by atoms with Crippen molar-refractivity contribution in [3.63, 3.8) is 0 Å². The molecule has 0 aromatic carbocycles. The highest BCUT2D eigenvalue weighted by Gasteiger charge is 2.37. The normalized spacial score (nSPS) is 24.1. The Hall–Kier alpha value is -0.570. The van der Waals surface area contributed by atoms with Crippen molar-refractivity contribution in [1.29, 1.82) is 0 Å². The third-order valence-electron chi connectivity index (χ3n) is 4.52. The molecule has 2 rings (SSSR count). The number of hydrogen-bond donors (Lipinski definition) is 2. The minimum Gasteiger partial charge on any atom is -0.394 e. The molecule has 0 bridgehead atoms. The first kappa shape index (κ1) is 12.9. The topological polar surface area (TPSA) is 49.3 Å². The Morgan fingerprint density at radius 2 is 1.88 bits per heavy atom. The van der Waals surface area contributed by atoms with E-state index in [-0.39, 0.29) is 18.1 Å². The van der Waals surface area contributed by atoms with Crippen LogP contribution in [0.3, 0.4) is 0 Å². The van der Waals surface area contributed by atoms with Gasteiger partial charge in [-0.05, 0) is 31.6 Å². The second-order valence-electron chi connectivity index (χ2n) is 5.88. The Kier molecular flexibility index (Phi) is 4.43. The van der Waals surface area contributed by atoms with Crippen molar-refractivity contribution < 1.29 is 9.90 Å². The third kappa shape index (κ3) is 3.44. The molecule has 3 heteroatoms. The van der Waals surface area contributed by atoms with Gasteiger partial charge < -0.3 is 10.4 Å². The van der Waals surface area contributed by atoms with E-state index in [1.165, 1.54) is 32.1 Å². The van der Waals surface area contributed by atoms with Gasteiger partial charge in [-0.1, -0.05) is 32.1 Å². The summed E-state index contributed by atoms with van der Waals surface area (Å²) in [5.74, 6) is 0.908. The standard InChI is InChI=1S/C14H25NO2/c16-11-14(9-4-10-14)15-13(17)8-7-12-5-2-1-3-6-12/h12,16H,1-11H2,(H,15,17). The lowest BCUT2D eigenvalue weighted by Gasteiger charge is -2.41. The Morgan fingerprint density at radius 3 is 2.41 bits per heavy atom.